The lowest BCUT2D eigenvalue weighted by molar-refractivity contribution is 0.0180. The number of aromatic carboxylic acids is 1. The zero-order chi connectivity index (χ0) is 19.5. The lowest BCUT2D eigenvalue weighted by atomic mass is 10.2. The number of carbonyl (C=O) groups is 2. The molecule has 0 radical (unpaired) electrons. The molecule has 1 aliphatic rings. The van der Waals surface area contributed by atoms with Gasteiger partial charge in [-0.15, -0.1) is 0 Å². The number of amides is 1. The van der Waals surface area contributed by atoms with Crippen LogP contribution in [0.2, 0.25) is 0 Å². The number of carboxylic acids is 1. The molecule has 2 atom stereocenters. The fourth-order valence-corrected chi connectivity index (χ4v) is 2.67. The average molecular weight is 369 g/mol. The van der Waals surface area contributed by atoms with E-state index in [1.165, 1.54) is 30.2 Å². The first-order chi connectivity index (χ1) is 12.1. The quantitative estimate of drug-likeness (QED) is 0.858. The van der Waals surface area contributed by atoms with E-state index in [-0.39, 0.29) is 30.9 Å². The third kappa shape index (κ3) is 5.00. The molecule has 1 aliphatic heterocycles. The first-order valence-electron chi connectivity index (χ1n) is 8.28. The van der Waals surface area contributed by atoms with Crippen LogP contribution in [0.25, 0.3) is 0 Å². The minimum Gasteiger partial charge on any atom is -0.493 e. The van der Waals surface area contributed by atoms with Crippen LogP contribution >= 0.6 is 0 Å². The van der Waals surface area contributed by atoms with Crippen LogP contribution in [-0.4, -0.2) is 60.1 Å². The number of alkyl halides is 1. The van der Waals surface area contributed by atoms with E-state index >= 15 is 0 Å². The van der Waals surface area contributed by atoms with Crippen molar-refractivity contribution in [2.24, 2.45) is 0 Å². The zero-order valence-electron chi connectivity index (χ0n) is 15.3. The number of nitrogens with zero attached hydrogens (tertiary/aromatic N) is 1. The van der Waals surface area contributed by atoms with Crippen LogP contribution in [0.3, 0.4) is 0 Å². The van der Waals surface area contributed by atoms with Crippen molar-refractivity contribution in [1.29, 1.82) is 0 Å². The van der Waals surface area contributed by atoms with Gasteiger partial charge in [0.25, 0.3) is 0 Å². The van der Waals surface area contributed by atoms with Crippen molar-refractivity contribution < 1.29 is 33.3 Å². The van der Waals surface area contributed by atoms with Crippen LogP contribution in [0.5, 0.6) is 11.5 Å². The summed E-state index contributed by atoms with van der Waals surface area (Å²) < 4.78 is 30.0. The molecular formula is C18H24FNO6. The lowest BCUT2D eigenvalue weighted by Gasteiger charge is -2.28. The Hall–Kier alpha value is -2.51. The maximum absolute atomic E-state index is 13.8. The fraction of sp³-hybridized carbons (Fsp3) is 0.556. The van der Waals surface area contributed by atoms with Crippen LogP contribution in [-0.2, 0) is 4.74 Å². The fourth-order valence-electron chi connectivity index (χ4n) is 2.67. The second-order valence-electron chi connectivity index (χ2n) is 7.10. The smallest absolute Gasteiger partial charge is 0.410 e. The Morgan fingerprint density at radius 3 is 2.58 bits per heavy atom. The van der Waals surface area contributed by atoms with Crippen molar-refractivity contribution in [1.82, 2.24) is 4.90 Å². The topological polar surface area (TPSA) is 85.3 Å². The maximum atomic E-state index is 13.8. The molecule has 8 heteroatoms. The standard InChI is InChI=1S/C18H24FNO6/c1-18(2,3)26-17(23)20-9-12(19)8-13(20)10-25-14-6-5-11(16(21)22)7-15(14)24-4/h5-7,12-13H,8-10H2,1-4H3,(H,21,22). The molecule has 0 bridgehead atoms. The third-order valence-electron chi connectivity index (χ3n) is 3.83. The van der Waals surface area contributed by atoms with Gasteiger partial charge in [-0.1, -0.05) is 0 Å². The Morgan fingerprint density at radius 2 is 2.00 bits per heavy atom. The largest absolute Gasteiger partial charge is 0.493 e. The Kier molecular flexibility index (Phi) is 5.94. The second-order valence-corrected chi connectivity index (χ2v) is 7.10. The molecule has 2 unspecified atom stereocenters. The Morgan fingerprint density at radius 1 is 1.31 bits per heavy atom. The molecule has 144 valence electrons. The van der Waals surface area contributed by atoms with Gasteiger partial charge in [-0.3, -0.25) is 4.90 Å². The van der Waals surface area contributed by atoms with Gasteiger partial charge in [-0.2, -0.15) is 0 Å². The maximum Gasteiger partial charge on any atom is 0.410 e. The third-order valence-corrected chi connectivity index (χ3v) is 3.83. The summed E-state index contributed by atoms with van der Waals surface area (Å²) in [6.45, 7) is 5.23. The molecule has 0 spiro atoms. The van der Waals surface area contributed by atoms with Crippen LogP contribution < -0.4 is 9.47 Å². The summed E-state index contributed by atoms with van der Waals surface area (Å²) in [7, 11) is 1.40. The molecule has 26 heavy (non-hydrogen) atoms. The van der Waals surface area contributed by atoms with Gasteiger partial charge in [0.15, 0.2) is 11.5 Å². The van der Waals surface area contributed by atoms with Gasteiger partial charge in [0, 0.05) is 6.42 Å². The number of hydrogen-bond acceptors (Lipinski definition) is 5. The number of rotatable bonds is 5. The molecule has 1 fully saturated rings. The molecular weight excluding hydrogens is 345 g/mol. The molecule has 1 heterocycles. The van der Waals surface area contributed by atoms with Crippen molar-refractivity contribution in [3.05, 3.63) is 23.8 Å². The SMILES string of the molecule is COc1cc(C(=O)O)ccc1OCC1CC(F)CN1C(=O)OC(C)(C)C. The molecule has 1 amide bonds. The van der Waals surface area contributed by atoms with E-state index in [1.807, 2.05) is 0 Å². The zero-order valence-corrected chi connectivity index (χ0v) is 15.3. The van der Waals surface area contributed by atoms with Crippen molar-refractivity contribution in [2.45, 2.75) is 45.0 Å². The monoisotopic (exact) mass is 369 g/mol. The van der Waals surface area contributed by atoms with E-state index in [0.717, 1.165) is 0 Å². The van der Waals surface area contributed by atoms with Gasteiger partial charge < -0.3 is 19.3 Å². The normalized spacial score (nSPS) is 20.0. The first kappa shape index (κ1) is 19.8. The minimum absolute atomic E-state index is 0.0436. The van der Waals surface area contributed by atoms with Gasteiger partial charge in [0.1, 0.15) is 18.4 Å². The number of benzene rings is 1. The predicted molar refractivity (Wildman–Crippen MR) is 91.7 cm³/mol. The van der Waals surface area contributed by atoms with E-state index in [9.17, 15) is 14.0 Å². The minimum atomic E-state index is -1.15. The van der Waals surface area contributed by atoms with Gasteiger partial charge >= 0.3 is 12.1 Å². The van der Waals surface area contributed by atoms with Gasteiger partial charge in [-0.25, -0.2) is 14.0 Å². The average Bonchev–Trinajstić information content (AvgIpc) is 2.92. The number of halogens is 1. The number of ether oxygens (including phenoxy) is 3. The van der Waals surface area contributed by atoms with Crippen LogP contribution in [0.4, 0.5) is 9.18 Å². The summed E-state index contributed by atoms with van der Waals surface area (Å²) >= 11 is 0. The molecule has 2 rings (SSSR count). The van der Waals surface area contributed by atoms with Gasteiger partial charge in [0.05, 0.1) is 25.3 Å². The number of carbonyl (C=O) groups excluding carboxylic acids is 1. The highest BCUT2D eigenvalue weighted by Gasteiger charge is 2.38. The first-order valence-corrected chi connectivity index (χ1v) is 8.28. The summed E-state index contributed by atoms with van der Waals surface area (Å²) in [6, 6.07) is 3.72. The second kappa shape index (κ2) is 7.80. The van der Waals surface area contributed by atoms with E-state index in [1.54, 1.807) is 20.8 Å². The van der Waals surface area contributed by atoms with Crippen molar-refractivity contribution in [2.75, 3.05) is 20.3 Å². The summed E-state index contributed by atoms with van der Waals surface area (Å²) in [5.41, 5.74) is -0.610. The van der Waals surface area contributed by atoms with E-state index in [4.69, 9.17) is 19.3 Å². The number of hydrogen-bond donors (Lipinski definition) is 1. The van der Waals surface area contributed by atoms with Gasteiger partial charge in [0.2, 0.25) is 0 Å². The van der Waals surface area contributed by atoms with Crippen molar-refractivity contribution in [3.8, 4) is 11.5 Å². The van der Waals surface area contributed by atoms with Crippen molar-refractivity contribution >= 4 is 12.1 Å². The highest BCUT2D eigenvalue weighted by molar-refractivity contribution is 5.88. The molecule has 1 aromatic carbocycles. The Labute approximate surface area is 151 Å². The van der Waals surface area contributed by atoms with E-state index in [2.05, 4.69) is 0 Å². The van der Waals surface area contributed by atoms with Crippen LogP contribution in [0, 0.1) is 0 Å². The molecule has 1 aromatic rings. The summed E-state index contributed by atoms with van der Waals surface area (Å²) in [5.74, 6) is -0.505. The van der Waals surface area contributed by atoms with Crippen LogP contribution in [0.1, 0.15) is 37.6 Å². The summed E-state index contributed by atoms with van der Waals surface area (Å²) in [6.07, 6.45) is -1.58. The summed E-state index contributed by atoms with van der Waals surface area (Å²) in [5, 5.41) is 9.02. The van der Waals surface area contributed by atoms with E-state index in [0.29, 0.717) is 5.75 Å². The van der Waals surface area contributed by atoms with Crippen LogP contribution in [0.15, 0.2) is 18.2 Å². The Bertz CT molecular complexity index is 672. The number of methoxy groups -OCH3 is 1. The number of carboxylic acid groups (broad SMARTS) is 1. The highest BCUT2D eigenvalue weighted by atomic mass is 19.1. The summed E-state index contributed by atoms with van der Waals surface area (Å²) in [4.78, 5) is 24.6. The predicted octanol–water partition coefficient (Wildman–Crippen LogP) is 3.12. The highest BCUT2D eigenvalue weighted by Crippen LogP contribution is 2.30. The molecule has 7 nitrogen and oxygen atoms in total. The Balaban J connectivity index is 2.07. The molecule has 0 saturated carbocycles. The number of likely N-dealkylation sites (tertiary alicyclic amines) is 1. The lowest BCUT2D eigenvalue weighted by Crippen LogP contribution is -2.42. The van der Waals surface area contributed by atoms with Gasteiger partial charge in [-0.05, 0) is 39.0 Å². The molecule has 1 saturated heterocycles. The van der Waals surface area contributed by atoms with Crippen molar-refractivity contribution in [3.63, 3.8) is 0 Å². The van der Waals surface area contributed by atoms with E-state index < -0.39 is 29.9 Å². The molecule has 0 aromatic heterocycles. The molecule has 0 aliphatic carbocycles. The molecule has 1 N–H and O–H groups in total.